The fraction of sp³-hybridized carbons (Fsp3) is 0.667. The summed E-state index contributed by atoms with van der Waals surface area (Å²) in [5.74, 6) is 2.35. The molecule has 0 radical (unpaired) electrons. The lowest BCUT2D eigenvalue weighted by Gasteiger charge is -2.34. The highest BCUT2D eigenvalue weighted by Gasteiger charge is 2.27. The Morgan fingerprint density at radius 2 is 2.24 bits per heavy atom. The van der Waals surface area contributed by atoms with E-state index in [1.807, 2.05) is 13.0 Å². The van der Waals surface area contributed by atoms with Crippen molar-refractivity contribution in [3.8, 4) is 5.88 Å². The third-order valence-electron chi connectivity index (χ3n) is 3.02. The summed E-state index contributed by atoms with van der Waals surface area (Å²) in [5, 5.41) is 0. The lowest BCUT2D eigenvalue weighted by atomic mass is 9.85. The fourth-order valence-electron chi connectivity index (χ4n) is 2.05. The third-order valence-corrected chi connectivity index (χ3v) is 3.77. The highest BCUT2D eigenvalue weighted by molar-refractivity contribution is 9.09. The van der Waals surface area contributed by atoms with Crippen LogP contribution in [-0.4, -0.2) is 35.0 Å². The van der Waals surface area contributed by atoms with Gasteiger partial charge in [-0.3, -0.25) is 0 Å². The minimum atomic E-state index is 0.633. The third kappa shape index (κ3) is 3.31. The highest BCUT2D eigenvalue weighted by atomic mass is 79.9. The molecule has 1 aliphatic rings. The first-order valence-electron chi connectivity index (χ1n) is 5.99. The van der Waals surface area contributed by atoms with E-state index in [-0.39, 0.29) is 0 Å². The molecule has 0 unspecified atom stereocenters. The van der Waals surface area contributed by atoms with Gasteiger partial charge in [0.2, 0.25) is 5.88 Å². The van der Waals surface area contributed by atoms with Crippen LogP contribution in [0.25, 0.3) is 0 Å². The quantitative estimate of drug-likeness (QED) is 0.783. The van der Waals surface area contributed by atoms with Crippen molar-refractivity contribution >= 4 is 21.7 Å². The first-order valence-corrected chi connectivity index (χ1v) is 6.90. The first-order chi connectivity index (χ1) is 8.19. The van der Waals surface area contributed by atoms with Crippen molar-refractivity contribution in [2.45, 2.75) is 24.6 Å². The molecular formula is C12H18BrN3O. The maximum atomic E-state index is 5.37. The molecule has 2 rings (SSSR count). The van der Waals surface area contributed by atoms with E-state index in [0.717, 1.165) is 18.3 Å². The zero-order valence-corrected chi connectivity index (χ0v) is 11.9. The van der Waals surface area contributed by atoms with Crippen LogP contribution >= 0.6 is 15.9 Å². The standard InChI is InChI=1S/C12H18BrN3O/c1-3-17-12-6-11(14-8-15-12)16(2)7-9-4-10(13)5-9/h6,8-10H,3-5,7H2,1-2H3. The topological polar surface area (TPSA) is 38.2 Å². The molecule has 0 saturated heterocycles. The largest absolute Gasteiger partial charge is 0.478 e. The first kappa shape index (κ1) is 12.6. The van der Waals surface area contributed by atoms with Crippen LogP contribution in [0.2, 0.25) is 0 Å². The highest BCUT2D eigenvalue weighted by Crippen LogP contribution is 2.34. The van der Waals surface area contributed by atoms with Crippen LogP contribution < -0.4 is 9.64 Å². The van der Waals surface area contributed by atoms with Gasteiger partial charge in [-0.25, -0.2) is 9.97 Å². The monoisotopic (exact) mass is 299 g/mol. The Balaban J connectivity index is 1.93. The van der Waals surface area contributed by atoms with Crippen LogP contribution in [0.5, 0.6) is 5.88 Å². The number of aromatic nitrogens is 2. The van der Waals surface area contributed by atoms with Gasteiger partial charge in [0.15, 0.2) is 0 Å². The van der Waals surface area contributed by atoms with Crippen molar-refractivity contribution in [1.29, 1.82) is 0 Å². The van der Waals surface area contributed by atoms with Gasteiger partial charge in [0.25, 0.3) is 0 Å². The molecule has 1 fully saturated rings. The molecule has 0 N–H and O–H groups in total. The van der Waals surface area contributed by atoms with Crippen molar-refractivity contribution in [1.82, 2.24) is 9.97 Å². The molecule has 0 bridgehead atoms. The van der Waals surface area contributed by atoms with Crippen molar-refractivity contribution in [2.24, 2.45) is 5.92 Å². The van der Waals surface area contributed by atoms with Gasteiger partial charge in [0, 0.05) is 24.5 Å². The SMILES string of the molecule is CCOc1cc(N(C)CC2CC(Br)C2)ncn1. The number of anilines is 1. The van der Waals surface area contributed by atoms with Crippen molar-refractivity contribution < 1.29 is 4.74 Å². The fourth-order valence-corrected chi connectivity index (χ4v) is 3.11. The minimum Gasteiger partial charge on any atom is -0.478 e. The van der Waals surface area contributed by atoms with Gasteiger partial charge in [-0.05, 0) is 25.7 Å². The Hall–Kier alpha value is -0.840. The number of hydrogen-bond acceptors (Lipinski definition) is 4. The zero-order chi connectivity index (χ0) is 12.3. The van der Waals surface area contributed by atoms with Crippen molar-refractivity contribution in [2.75, 3.05) is 25.1 Å². The molecule has 5 heteroatoms. The summed E-state index contributed by atoms with van der Waals surface area (Å²) in [7, 11) is 2.07. The molecule has 17 heavy (non-hydrogen) atoms. The molecule has 0 aliphatic heterocycles. The maximum Gasteiger partial charge on any atom is 0.218 e. The predicted octanol–water partition coefficient (Wildman–Crippen LogP) is 2.49. The Morgan fingerprint density at radius 3 is 2.88 bits per heavy atom. The summed E-state index contributed by atoms with van der Waals surface area (Å²) in [5.41, 5.74) is 0. The molecule has 1 saturated carbocycles. The molecule has 94 valence electrons. The Morgan fingerprint density at radius 1 is 1.47 bits per heavy atom. The number of halogens is 1. The van der Waals surface area contributed by atoms with Crippen LogP contribution in [0.15, 0.2) is 12.4 Å². The minimum absolute atomic E-state index is 0.633. The van der Waals surface area contributed by atoms with Crippen molar-refractivity contribution in [3.05, 3.63) is 12.4 Å². The summed E-state index contributed by atoms with van der Waals surface area (Å²) in [6.07, 6.45) is 4.08. The molecule has 0 spiro atoms. The molecular weight excluding hydrogens is 282 g/mol. The van der Waals surface area contributed by atoms with E-state index >= 15 is 0 Å². The number of hydrogen-bond donors (Lipinski definition) is 0. The summed E-state index contributed by atoms with van der Waals surface area (Å²) in [6, 6.07) is 1.90. The normalized spacial score (nSPS) is 23.0. The Bertz CT molecular complexity index is 369. The average molecular weight is 300 g/mol. The van der Waals surface area contributed by atoms with Crippen LogP contribution in [0.3, 0.4) is 0 Å². The number of rotatable bonds is 5. The smallest absolute Gasteiger partial charge is 0.218 e. The second kappa shape index (κ2) is 5.67. The maximum absolute atomic E-state index is 5.37. The molecule has 1 heterocycles. The Kier molecular flexibility index (Phi) is 4.20. The second-order valence-electron chi connectivity index (χ2n) is 4.46. The van der Waals surface area contributed by atoms with Crippen LogP contribution in [0.4, 0.5) is 5.82 Å². The molecule has 0 aromatic carbocycles. The van der Waals surface area contributed by atoms with Gasteiger partial charge in [-0.15, -0.1) is 0 Å². The Labute approximate surface area is 111 Å². The van der Waals surface area contributed by atoms with Gasteiger partial charge in [-0.2, -0.15) is 0 Å². The van der Waals surface area contributed by atoms with Crippen LogP contribution in [-0.2, 0) is 0 Å². The predicted molar refractivity (Wildman–Crippen MR) is 71.9 cm³/mol. The lowest BCUT2D eigenvalue weighted by Crippen LogP contribution is -2.34. The number of nitrogens with zero attached hydrogens (tertiary/aromatic N) is 3. The molecule has 0 amide bonds. The van der Waals surface area contributed by atoms with E-state index in [2.05, 4.69) is 37.8 Å². The average Bonchev–Trinajstić information content (AvgIpc) is 2.28. The van der Waals surface area contributed by atoms with Gasteiger partial charge in [-0.1, -0.05) is 15.9 Å². The summed E-state index contributed by atoms with van der Waals surface area (Å²) < 4.78 is 5.37. The number of alkyl halides is 1. The lowest BCUT2D eigenvalue weighted by molar-refractivity contribution is 0.325. The van der Waals surface area contributed by atoms with Gasteiger partial charge >= 0.3 is 0 Å². The zero-order valence-electron chi connectivity index (χ0n) is 10.3. The van der Waals surface area contributed by atoms with Gasteiger partial charge < -0.3 is 9.64 Å². The van der Waals surface area contributed by atoms with E-state index < -0.39 is 0 Å². The summed E-state index contributed by atoms with van der Waals surface area (Å²) in [6.45, 7) is 3.63. The van der Waals surface area contributed by atoms with E-state index in [9.17, 15) is 0 Å². The van der Waals surface area contributed by atoms with Crippen LogP contribution in [0, 0.1) is 5.92 Å². The van der Waals surface area contributed by atoms with Crippen molar-refractivity contribution in [3.63, 3.8) is 0 Å². The van der Waals surface area contributed by atoms with E-state index in [1.54, 1.807) is 6.33 Å². The van der Waals surface area contributed by atoms with E-state index in [0.29, 0.717) is 17.3 Å². The molecule has 4 nitrogen and oxygen atoms in total. The van der Waals surface area contributed by atoms with Crippen LogP contribution in [0.1, 0.15) is 19.8 Å². The second-order valence-corrected chi connectivity index (χ2v) is 5.76. The van der Waals surface area contributed by atoms with E-state index in [4.69, 9.17) is 4.74 Å². The molecule has 1 aliphatic carbocycles. The molecule has 1 aromatic rings. The van der Waals surface area contributed by atoms with Gasteiger partial charge in [0.1, 0.15) is 12.1 Å². The van der Waals surface area contributed by atoms with Gasteiger partial charge in [0.05, 0.1) is 6.61 Å². The summed E-state index contributed by atoms with van der Waals surface area (Å²) >= 11 is 3.61. The van der Waals surface area contributed by atoms with E-state index in [1.165, 1.54) is 12.8 Å². The summed E-state index contributed by atoms with van der Waals surface area (Å²) in [4.78, 5) is 11.2. The number of ether oxygens (including phenoxy) is 1. The molecule has 1 aromatic heterocycles. The molecule has 0 atom stereocenters.